The summed E-state index contributed by atoms with van der Waals surface area (Å²) in [4.78, 5) is 35.1. The van der Waals surface area contributed by atoms with Gasteiger partial charge in [-0.3, -0.25) is 4.79 Å². The van der Waals surface area contributed by atoms with E-state index < -0.39 is 11.9 Å². The normalized spacial score (nSPS) is 14.7. The zero-order valence-electron chi connectivity index (χ0n) is 22.2. The molecule has 1 aromatic heterocycles. The number of ether oxygens (including phenoxy) is 2. The number of benzene rings is 2. The predicted molar refractivity (Wildman–Crippen MR) is 150 cm³/mol. The van der Waals surface area contributed by atoms with Gasteiger partial charge in [-0.2, -0.15) is 0 Å². The number of nitrogens with zero attached hydrogens (tertiary/aromatic N) is 3. The molecular formula is C29H34N6O4. The van der Waals surface area contributed by atoms with Crippen molar-refractivity contribution in [3.63, 3.8) is 0 Å². The standard InChI is InChI=1S/C29H34N6O4/c1-35(2)22(10-13-25(36)39-29(37)21-14-16-31-17-15-21)18-32-28-26(27(30)33-19-34-28)20-8-11-24(12-9-20)38-23-6-4-3-5-7-23/h3-13,19,21-22,31H,14-18H2,1-2H3,(H3,30,32,33,34)/b13-10+. The highest BCUT2D eigenvalue weighted by Crippen LogP contribution is 2.32. The Morgan fingerprint density at radius 3 is 2.46 bits per heavy atom. The Bertz CT molecular complexity index is 1270. The summed E-state index contributed by atoms with van der Waals surface area (Å²) >= 11 is 0. The van der Waals surface area contributed by atoms with Crippen LogP contribution in [0.1, 0.15) is 12.8 Å². The summed E-state index contributed by atoms with van der Waals surface area (Å²) in [6.07, 6.45) is 5.75. The fourth-order valence-corrected chi connectivity index (χ4v) is 4.22. The number of anilines is 2. The van der Waals surface area contributed by atoms with Crippen LogP contribution in [-0.2, 0) is 14.3 Å². The first-order valence-corrected chi connectivity index (χ1v) is 12.9. The summed E-state index contributed by atoms with van der Waals surface area (Å²) in [6.45, 7) is 1.91. The van der Waals surface area contributed by atoms with E-state index in [0.29, 0.717) is 42.3 Å². The molecule has 0 aliphatic carbocycles. The Balaban J connectivity index is 1.40. The van der Waals surface area contributed by atoms with Crippen LogP contribution in [0.15, 0.2) is 73.1 Å². The Morgan fingerprint density at radius 1 is 1.08 bits per heavy atom. The van der Waals surface area contributed by atoms with Gasteiger partial charge in [-0.15, -0.1) is 0 Å². The average Bonchev–Trinajstić information content (AvgIpc) is 2.94. The van der Waals surface area contributed by atoms with Crippen LogP contribution in [-0.4, -0.2) is 66.6 Å². The first-order valence-electron chi connectivity index (χ1n) is 12.9. The molecule has 39 heavy (non-hydrogen) atoms. The molecular weight excluding hydrogens is 496 g/mol. The molecule has 1 atom stereocenters. The van der Waals surface area contributed by atoms with E-state index in [1.165, 1.54) is 12.4 Å². The van der Waals surface area contributed by atoms with Crippen LogP contribution in [0.5, 0.6) is 11.5 Å². The molecule has 10 nitrogen and oxygen atoms in total. The number of carbonyl (C=O) groups excluding carboxylic acids is 2. The molecule has 1 fully saturated rings. The lowest BCUT2D eigenvalue weighted by molar-refractivity contribution is -0.160. The highest BCUT2D eigenvalue weighted by Gasteiger charge is 2.24. The molecule has 10 heteroatoms. The molecule has 2 heterocycles. The van der Waals surface area contributed by atoms with E-state index in [1.54, 1.807) is 6.08 Å². The molecule has 4 N–H and O–H groups in total. The van der Waals surface area contributed by atoms with Gasteiger partial charge in [-0.1, -0.05) is 36.4 Å². The second-order valence-corrected chi connectivity index (χ2v) is 9.46. The molecule has 2 aromatic carbocycles. The smallest absolute Gasteiger partial charge is 0.338 e. The van der Waals surface area contributed by atoms with Crippen LogP contribution in [0.4, 0.5) is 11.6 Å². The van der Waals surface area contributed by atoms with Gasteiger partial charge in [0.15, 0.2) is 0 Å². The van der Waals surface area contributed by atoms with Crippen LogP contribution < -0.4 is 21.1 Å². The minimum Gasteiger partial charge on any atom is -0.457 e. The first kappa shape index (κ1) is 27.7. The third kappa shape index (κ3) is 7.86. The predicted octanol–water partition coefficient (Wildman–Crippen LogP) is 3.49. The van der Waals surface area contributed by atoms with Gasteiger partial charge in [0.05, 0.1) is 11.5 Å². The second kappa shape index (κ2) is 13.5. The topological polar surface area (TPSA) is 132 Å². The highest BCUT2D eigenvalue weighted by molar-refractivity contribution is 5.93. The van der Waals surface area contributed by atoms with Gasteiger partial charge >= 0.3 is 11.9 Å². The summed E-state index contributed by atoms with van der Waals surface area (Å²) < 4.78 is 10.9. The van der Waals surface area contributed by atoms with Gasteiger partial charge in [0.25, 0.3) is 0 Å². The molecule has 3 aromatic rings. The van der Waals surface area contributed by atoms with Crippen LogP contribution in [0.3, 0.4) is 0 Å². The Morgan fingerprint density at radius 2 is 1.77 bits per heavy atom. The van der Waals surface area contributed by atoms with Gasteiger partial charge < -0.3 is 30.7 Å². The van der Waals surface area contributed by atoms with E-state index in [-0.39, 0.29) is 12.0 Å². The highest BCUT2D eigenvalue weighted by atomic mass is 16.6. The average molecular weight is 531 g/mol. The summed E-state index contributed by atoms with van der Waals surface area (Å²) in [5.41, 5.74) is 7.73. The lowest BCUT2D eigenvalue weighted by Crippen LogP contribution is -2.34. The number of nitrogen functional groups attached to an aromatic ring is 1. The summed E-state index contributed by atoms with van der Waals surface area (Å²) in [5, 5.41) is 6.51. The van der Waals surface area contributed by atoms with E-state index in [1.807, 2.05) is 73.6 Å². The number of nitrogens with one attached hydrogen (secondary N) is 2. The van der Waals surface area contributed by atoms with E-state index in [9.17, 15) is 9.59 Å². The number of para-hydroxylation sites is 1. The maximum Gasteiger partial charge on any atom is 0.338 e. The molecule has 0 amide bonds. The molecule has 1 saturated heterocycles. The van der Waals surface area contributed by atoms with E-state index in [2.05, 4.69) is 20.6 Å². The van der Waals surface area contributed by atoms with Crippen molar-refractivity contribution in [3.8, 4) is 22.6 Å². The number of hydrogen-bond acceptors (Lipinski definition) is 10. The number of nitrogens with two attached hydrogens (primary N) is 1. The maximum atomic E-state index is 12.3. The summed E-state index contributed by atoms with van der Waals surface area (Å²) in [5.74, 6) is 0.956. The number of esters is 2. The van der Waals surface area contributed by atoms with Crippen LogP contribution in [0.25, 0.3) is 11.1 Å². The minimum absolute atomic E-state index is 0.197. The SMILES string of the molecule is CN(C)C(/C=C/C(=O)OC(=O)C1CCNCC1)CNc1ncnc(N)c1-c1ccc(Oc2ccccc2)cc1. The number of rotatable bonds is 10. The minimum atomic E-state index is -0.671. The lowest BCUT2D eigenvalue weighted by atomic mass is 9.99. The molecule has 4 rings (SSSR count). The third-order valence-corrected chi connectivity index (χ3v) is 6.47. The van der Waals surface area contributed by atoms with Gasteiger partial charge in [0.1, 0.15) is 29.5 Å². The van der Waals surface area contributed by atoms with Crippen molar-refractivity contribution in [1.82, 2.24) is 20.2 Å². The fourth-order valence-electron chi connectivity index (χ4n) is 4.22. The second-order valence-electron chi connectivity index (χ2n) is 9.46. The third-order valence-electron chi connectivity index (χ3n) is 6.47. The van der Waals surface area contributed by atoms with Gasteiger partial charge in [-0.25, -0.2) is 14.8 Å². The van der Waals surface area contributed by atoms with Crippen LogP contribution in [0.2, 0.25) is 0 Å². The Kier molecular flexibility index (Phi) is 9.60. The van der Waals surface area contributed by atoms with Gasteiger partial charge in [-0.05, 0) is 69.9 Å². The largest absolute Gasteiger partial charge is 0.457 e. The van der Waals surface area contributed by atoms with Crippen molar-refractivity contribution in [2.24, 2.45) is 5.92 Å². The van der Waals surface area contributed by atoms with Crippen molar-refractivity contribution in [2.75, 3.05) is 44.8 Å². The molecule has 0 radical (unpaired) electrons. The molecule has 0 spiro atoms. The number of aromatic nitrogens is 2. The first-order chi connectivity index (χ1) is 18.9. The van der Waals surface area contributed by atoms with E-state index in [4.69, 9.17) is 15.2 Å². The number of likely N-dealkylation sites (N-methyl/N-ethyl adjacent to an activating group) is 1. The maximum absolute atomic E-state index is 12.3. The fraction of sp³-hybridized carbons (Fsp3) is 0.310. The van der Waals surface area contributed by atoms with Crippen molar-refractivity contribution >= 4 is 23.6 Å². The molecule has 1 aliphatic rings. The number of piperidine rings is 1. The Labute approximate surface area is 228 Å². The summed E-state index contributed by atoms with van der Waals surface area (Å²) in [7, 11) is 3.78. The zero-order valence-corrected chi connectivity index (χ0v) is 22.2. The Hall–Kier alpha value is -4.28. The van der Waals surface area contributed by atoms with Gasteiger partial charge in [0, 0.05) is 18.7 Å². The quantitative estimate of drug-likeness (QED) is 0.203. The summed E-state index contributed by atoms with van der Waals surface area (Å²) in [6, 6.07) is 16.9. The van der Waals surface area contributed by atoms with Crippen LogP contribution in [0, 0.1) is 5.92 Å². The molecule has 1 aliphatic heterocycles. The molecule has 0 saturated carbocycles. The van der Waals surface area contributed by atoms with E-state index >= 15 is 0 Å². The molecule has 0 bridgehead atoms. The molecule has 204 valence electrons. The van der Waals surface area contributed by atoms with Crippen LogP contribution >= 0.6 is 0 Å². The van der Waals surface area contributed by atoms with Gasteiger partial charge in [0.2, 0.25) is 0 Å². The lowest BCUT2D eigenvalue weighted by Gasteiger charge is -2.23. The number of carbonyl (C=O) groups is 2. The van der Waals surface area contributed by atoms with Crippen molar-refractivity contribution in [3.05, 3.63) is 73.1 Å². The van der Waals surface area contributed by atoms with E-state index in [0.717, 1.165) is 24.4 Å². The zero-order chi connectivity index (χ0) is 27.6. The van der Waals surface area contributed by atoms with Crippen molar-refractivity contribution in [2.45, 2.75) is 18.9 Å². The number of hydrogen-bond donors (Lipinski definition) is 3. The van der Waals surface area contributed by atoms with Crippen molar-refractivity contribution < 1.29 is 19.1 Å². The van der Waals surface area contributed by atoms with Crippen molar-refractivity contribution in [1.29, 1.82) is 0 Å². The monoisotopic (exact) mass is 530 g/mol. The molecule has 1 unspecified atom stereocenters.